The van der Waals surface area contributed by atoms with Gasteiger partial charge in [0.2, 0.25) is 0 Å². The summed E-state index contributed by atoms with van der Waals surface area (Å²) in [5.74, 6) is -0.156. The number of thiophene rings is 1. The summed E-state index contributed by atoms with van der Waals surface area (Å²) in [7, 11) is 0. The molecule has 1 aliphatic rings. The molecule has 2 amide bonds. The van der Waals surface area contributed by atoms with E-state index in [2.05, 4.69) is 10.3 Å². The van der Waals surface area contributed by atoms with Crippen LogP contribution in [0, 0.1) is 0 Å². The number of pyridine rings is 1. The van der Waals surface area contributed by atoms with E-state index in [9.17, 15) is 9.59 Å². The van der Waals surface area contributed by atoms with Gasteiger partial charge in [-0.25, -0.2) is 4.79 Å². The van der Waals surface area contributed by atoms with E-state index >= 15 is 0 Å². The zero-order valence-electron chi connectivity index (χ0n) is 14.5. The average Bonchev–Trinajstić information content (AvgIpc) is 3.07. The number of fused-ring (bicyclic) bond motifs is 1. The largest absolute Gasteiger partial charge is 0.444 e. The van der Waals surface area contributed by atoms with Gasteiger partial charge in [0, 0.05) is 18.7 Å². The van der Waals surface area contributed by atoms with Gasteiger partial charge in [0.15, 0.2) is 0 Å². The first-order valence-electron chi connectivity index (χ1n) is 8.12. The average molecular weight is 359 g/mol. The lowest BCUT2D eigenvalue weighted by atomic mass is 10.1. The lowest BCUT2D eigenvalue weighted by Crippen LogP contribution is -2.40. The molecule has 0 saturated heterocycles. The van der Waals surface area contributed by atoms with Crippen LogP contribution >= 0.6 is 11.3 Å². The molecule has 0 unspecified atom stereocenters. The van der Waals surface area contributed by atoms with Crippen molar-refractivity contribution < 1.29 is 14.3 Å². The molecule has 6 nitrogen and oxygen atoms in total. The summed E-state index contributed by atoms with van der Waals surface area (Å²) in [4.78, 5) is 31.2. The number of amides is 2. The van der Waals surface area contributed by atoms with Crippen LogP contribution in [-0.2, 0) is 17.7 Å². The third-order valence-electron chi connectivity index (χ3n) is 3.69. The maximum absolute atomic E-state index is 12.3. The van der Waals surface area contributed by atoms with E-state index in [-0.39, 0.29) is 12.0 Å². The minimum absolute atomic E-state index is 0.156. The molecule has 0 saturated carbocycles. The summed E-state index contributed by atoms with van der Waals surface area (Å²) in [6, 6.07) is 5.49. The van der Waals surface area contributed by atoms with Crippen molar-refractivity contribution in [1.29, 1.82) is 0 Å². The number of ether oxygens (including phenoxy) is 1. The maximum atomic E-state index is 12.3. The fraction of sp³-hybridized carbons (Fsp3) is 0.389. The van der Waals surface area contributed by atoms with Crippen LogP contribution in [-0.4, -0.2) is 34.0 Å². The van der Waals surface area contributed by atoms with E-state index in [1.165, 1.54) is 11.3 Å². The van der Waals surface area contributed by atoms with Crippen LogP contribution in [0.1, 0.15) is 41.7 Å². The van der Waals surface area contributed by atoms with Crippen molar-refractivity contribution in [1.82, 2.24) is 9.88 Å². The summed E-state index contributed by atoms with van der Waals surface area (Å²) >= 11 is 1.39. The van der Waals surface area contributed by atoms with Crippen LogP contribution in [0.5, 0.6) is 0 Å². The standard InChI is InChI=1S/C18H21N3O3S/c1-18(2,3)24-17(23)21-7-6-14-12(11-21)9-13(10-19-14)20-16(22)15-5-4-8-25-15/h4-5,8-10H,6-7,11H2,1-3H3,(H,20,22). The van der Waals surface area contributed by atoms with Crippen molar-refractivity contribution in [2.45, 2.75) is 39.3 Å². The van der Waals surface area contributed by atoms with E-state index in [4.69, 9.17) is 4.74 Å². The smallest absolute Gasteiger partial charge is 0.410 e. The Balaban J connectivity index is 1.71. The molecule has 7 heteroatoms. The van der Waals surface area contributed by atoms with E-state index < -0.39 is 5.60 Å². The maximum Gasteiger partial charge on any atom is 0.410 e. The summed E-state index contributed by atoms with van der Waals surface area (Å²) in [5.41, 5.74) is 1.99. The monoisotopic (exact) mass is 359 g/mol. The molecule has 0 spiro atoms. The van der Waals surface area contributed by atoms with Crippen LogP contribution in [0.15, 0.2) is 29.8 Å². The third-order valence-corrected chi connectivity index (χ3v) is 4.56. The van der Waals surface area contributed by atoms with Gasteiger partial charge in [-0.05, 0) is 43.8 Å². The van der Waals surface area contributed by atoms with Gasteiger partial charge >= 0.3 is 6.09 Å². The van der Waals surface area contributed by atoms with Gasteiger partial charge in [-0.15, -0.1) is 11.3 Å². The van der Waals surface area contributed by atoms with E-state index in [1.54, 1.807) is 17.2 Å². The molecular formula is C18H21N3O3S. The molecule has 0 radical (unpaired) electrons. The number of rotatable bonds is 2. The highest BCUT2D eigenvalue weighted by Crippen LogP contribution is 2.23. The van der Waals surface area contributed by atoms with Crippen LogP contribution in [0.3, 0.4) is 0 Å². The second-order valence-electron chi connectivity index (χ2n) is 6.91. The molecule has 0 atom stereocenters. The number of nitrogens with one attached hydrogen (secondary N) is 1. The zero-order valence-corrected chi connectivity index (χ0v) is 15.4. The zero-order chi connectivity index (χ0) is 18.0. The minimum Gasteiger partial charge on any atom is -0.444 e. The Kier molecular flexibility index (Phi) is 4.76. The number of aromatic nitrogens is 1. The van der Waals surface area contributed by atoms with Crippen molar-refractivity contribution in [3.05, 3.63) is 45.9 Å². The van der Waals surface area contributed by atoms with Crippen LogP contribution in [0.25, 0.3) is 0 Å². The SMILES string of the molecule is CC(C)(C)OC(=O)N1CCc2ncc(NC(=O)c3cccs3)cc2C1. The van der Waals surface area contributed by atoms with Gasteiger partial charge in [-0.2, -0.15) is 0 Å². The highest BCUT2D eigenvalue weighted by Gasteiger charge is 2.26. The number of carbonyl (C=O) groups is 2. The second-order valence-corrected chi connectivity index (χ2v) is 7.86. The molecule has 2 aromatic rings. The van der Waals surface area contributed by atoms with E-state index in [0.717, 1.165) is 11.3 Å². The van der Waals surface area contributed by atoms with Crippen molar-refractivity contribution >= 4 is 29.0 Å². The molecule has 25 heavy (non-hydrogen) atoms. The number of anilines is 1. The molecule has 2 aromatic heterocycles. The molecule has 1 N–H and O–H groups in total. The Labute approximate surface area is 150 Å². The Hall–Kier alpha value is -2.41. The topological polar surface area (TPSA) is 71.5 Å². The van der Waals surface area contributed by atoms with E-state index in [0.29, 0.717) is 30.1 Å². The van der Waals surface area contributed by atoms with E-state index in [1.807, 2.05) is 38.3 Å². The molecule has 1 aliphatic heterocycles. The fourth-order valence-electron chi connectivity index (χ4n) is 2.58. The van der Waals surface area contributed by atoms with Crippen molar-refractivity contribution in [2.24, 2.45) is 0 Å². The third kappa shape index (κ3) is 4.36. The first-order chi connectivity index (χ1) is 11.8. The van der Waals surface area contributed by atoms with Gasteiger partial charge in [0.05, 0.1) is 23.3 Å². The molecular weight excluding hydrogens is 338 g/mol. The first-order valence-corrected chi connectivity index (χ1v) is 9.00. The second kappa shape index (κ2) is 6.84. The predicted octanol–water partition coefficient (Wildman–Crippen LogP) is 3.69. The number of hydrogen-bond donors (Lipinski definition) is 1. The summed E-state index contributed by atoms with van der Waals surface area (Å²) in [6.07, 6.45) is 2.01. The molecule has 3 rings (SSSR count). The highest BCUT2D eigenvalue weighted by atomic mass is 32.1. The van der Waals surface area contributed by atoms with Crippen LogP contribution in [0.2, 0.25) is 0 Å². The van der Waals surface area contributed by atoms with Gasteiger partial charge in [-0.3, -0.25) is 9.78 Å². The van der Waals surface area contributed by atoms with Crippen molar-refractivity contribution in [3.63, 3.8) is 0 Å². The molecule has 0 bridgehead atoms. The van der Waals surface area contributed by atoms with Crippen molar-refractivity contribution in [3.8, 4) is 0 Å². The van der Waals surface area contributed by atoms with Gasteiger partial charge in [-0.1, -0.05) is 6.07 Å². The number of hydrogen-bond acceptors (Lipinski definition) is 5. The minimum atomic E-state index is -0.522. The van der Waals surface area contributed by atoms with Crippen molar-refractivity contribution in [2.75, 3.05) is 11.9 Å². The van der Waals surface area contributed by atoms with Gasteiger partial charge < -0.3 is 15.0 Å². The van der Waals surface area contributed by atoms with Crippen LogP contribution in [0.4, 0.5) is 10.5 Å². The molecule has 132 valence electrons. The molecule has 0 aliphatic carbocycles. The normalized spacial score (nSPS) is 14.0. The highest BCUT2D eigenvalue weighted by molar-refractivity contribution is 7.12. The molecule has 3 heterocycles. The summed E-state index contributed by atoms with van der Waals surface area (Å²) in [6.45, 7) is 6.56. The lowest BCUT2D eigenvalue weighted by molar-refractivity contribution is 0.0222. The Bertz CT molecular complexity index is 781. The van der Waals surface area contributed by atoms with Gasteiger partial charge in [0.1, 0.15) is 5.60 Å². The Morgan fingerprint density at radius 1 is 1.36 bits per heavy atom. The predicted molar refractivity (Wildman–Crippen MR) is 96.9 cm³/mol. The molecule has 0 fully saturated rings. The van der Waals surface area contributed by atoms with Gasteiger partial charge in [0.25, 0.3) is 5.91 Å². The summed E-state index contributed by atoms with van der Waals surface area (Å²) in [5, 5.41) is 4.71. The fourth-order valence-corrected chi connectivity index (χ4v) is 3.20. The molecule has 0 aromatic carbocycles. The Morgan fingerprint density at radius 2 is 2.16 bits per heavy atom. The van der Waals surface area contributed by atoms with Crippen LogP contribution < -0.4 is 5.32 Å². The quantitative estimate of drug-likeness (QED) is 0.888. The lowest BCUT2D eigenvalue weighted by Gasteiger charge is -2.30. The Morgan fingerprint density at radius 3 is 2.84 bits per heavy atom. The first kappa shape index (κ1) is 17.4. The number of nitrogens with zero attached hydrogens (tertiary/aromatic N) is 2. The summed E-state index contributed by atoms with van der Waals surface area (Å²) < 4.78 is 5.43. The number of carbonyl (C=O) groups excluding carboxylic acids is 2.